The zero-order chi connectivity index (χ0) is 12.7. The van der Waals surface area contributed by atoms with Gasteiger partial charge in [0.25, 0.3) is 5.24 Å². The number of carbonyl (C=O) groups is 2. The zero-order valence-electron chi connectivity index (χ0n) is 9.90. The van der Waals surface area contributed by atoms with Crippen molar-refractivity contribution in [1.82, 2.24) is 9.88 Å². The minimum absolute atomic E-state index is 0.102. The lowest BCUT2D eigenvalue weighted by Crippen LogP contribution is -2.28. The molecule has 1 saturated heterocycles. The molecular weight excluding hydrogens is 248 g/mol. The highest BCUT2D eigenvalue weighted by atomic mass is 32.2. The van der Waals surface area contributed by atoms with Crippen LogP contribution in [-0.2, 0) is 11.3 Å². The smallest absolute Gasteiger partial charge is 0.289 e. The van der Waals surface area contributed by atoms with Crippen LogP contribution in [0.2, 0.25) is 0 Å². The van der Waals surface area contributed by atoms with E-state index in [1.165, 1.54) is 4.90 Å². The number of hydrogen-bond acceptors (Lipinski definition) is 3. The lowest BCUT2D eigenvalue weighted by molar-refractivity contribution is -0.124. The molecule has 1 fully saturated rings. The molecule has 0 spiro atoms. The lowest BCUT2D eigenvalue weighted by atomic mass is 10.1. The van der Waals surface area contributed by atoms with Crippen molar-refractivity contribution >= 4 is 33.8 Å². The van der Waals surface area contributed by atoms with Crippen LogP contribution in [0.15, 0.2) is 24.3 Å². The number of aromatic nitrogens is 1. The number of H-pyrrole nitrogens is 1. The molecule has 2 amide bonds. The monoisotopic (exact) mass is 260 g/mol. The summed E-state index contributed by atoms with van der Waals surface area (Å²) in [5.41, 5.74) is 3.07. The maximum atomic E-state index is 11.6. The number of hydrogen-bond donors (Lipinski definition) is 1. The molecule has 2 aromatic rings. The standard InChI is InChI=1S/C13H12N2O2S/c1-8-10(6-15-12(16)7-18-13(15)17)9-4-2-3-5-11(9)14-8/h2-5,14H,6-7H2,1H3. The number of aromatic amines is 1. The molecule has 0 radical (unpaired) electrons. The molecule has 0 atom stereocenters. The van der Waals surface area contributed by atoms with Crippen molar-refractivity contribution in [2.45, 2.75) is 13.5 Å². The average Bonchev–Trinajstić information content (AvgIpc) is 2.84. The first kappa shape index (κ1) is 11.3. The Morgan fingerprint density at radius 1 is 1.33 bits per heavy atom. The number of amides is 2. The minimum atomic E-state index is -0.148. The molecule has 4 nitrogen and oxygen atoms in total. The van der Waals surface area contributed by atoms with E-state index in [-0.39, 0.29) is 16.9 Å². The van der Waals surface area contributed by atoms with Crippen LogP contribution in [0.3, 0.4) is 0 Å². The van der Waals surface area contributed by atoms with Gasteiger partial charge in [-0.1, -0.05) is 30.0 Å². The van der Waals surface area contributed by atoms with Crippen LogP contribution < -0.4 is 0 Å². The van der Waals surface area contributed by atoms with Crippen LogP contribution in [0.25, 0.3) is 10.9 Å². The number of imide groups is 1. The zero-order valence-corrected chi connectivity index (χ0v) is 10.7. The molecular formula is C13H12N2O2S. The molecule has 0 unspecified atom stereocenters. The third-order valence-electron chi connectivity index (χ3n) is 3.18. The molecule has 3 rings (SSSR count). The van der Waals surface area contributed by atoms with Crippen molar-refractivity contribution < 1.29 is 9.59 Å². The molecule has 1 N–H and O–H groups in total. The Kier molecular flexibility index (Phi) is 2.63. The van der Waals surface area contributed by atoms with Crippen molar-refractivity contribution in [1.29, 1.82) is 0 Å². The van der Waals surface area contributed by atoms with Crippen LogP contribution in [0.1, 0.15) is 11.3 Å². The third kappa shape index (κ3) is 1.71. The predicted molar refractivity (Wildman–Crippen MR) is 71.4 cm³/mol. The maximum absolute atomic E-state index is 11.6. The largest absolute Gasteiger partial charge is 0.358 e. The van der Waals surface area contributed by atoms with E-state index in [1.807, 2.05) is 31.2 Å². The summed E-state index contributed by atoms with van der Waals surface area (Å²) in [6.45, 7) is 2.33. The Balaban J connectivity index is 2.02. The molecule has 5 heteroatoms. The SMILES string of the molecule is Cc1[nH]c2ccccc2c1CN1C(=O)CSC1=O. The first-order chi connectivity index (χ1) is 8.66. The van der Waals surface area contributed by atoms with E-state index in [0.717, 1.165) is 33.9 Å². The van der Waals surface area contributed by atoms with Gasteiger partial charge in [-0.15, -0.1) is 0 Å². The van der Waals surface area contributed by atoms with Gasteiger partial charge in [-0.25, -0.2) is 0 Å². The van der Waals surface area contributed by atoms with Crippen molar-refractivity contribution in [2.75, 3.05) is 5.75 Å². The number of aryl methyl sites for hydroxylation is 1. The summed E-state index contributed by atoms with van der Waals surface area (Å²) < 4.78 is 0. The van der Waals surface area contributed by atoms with Gasteiger partial charge in [0.2, 0.25) is 5.91 Å². The average molecular weight is 260 g/mol. The van der Waals surface area contributed by atoms with Gasteiger partial charge in [0.15, 0.2) is 0 Å². The maximum Gasteiger partial charge on any atom is 0.289 e. The van der Waals surface area contributed by atoms with Gasteiger partial charge in [0.1, 0.15) is 0 Å². The fraction of sp³-hybridized carbons (Fsp3) is 0.231. The van der Waals surface area contributed by atoms with E-state index in [2.05, 4.69) is 4.98 Å². The number of rotatable bonds is 2. The van der Waals surface area contributed by atoms with Gasteiger partial charge in [-0.3, -0.25) is 14.5 Å². The highest BCUT2D eigenvalue weighted by Crippen LogP contribution is 2.27. The number of carbonyl (C=O) groups excluding carboxylic acids is 2. The first-order valence-corrected chi connectivity index (χ1v) is 6.68. The summed E-state index contributed by atoms with van der Waals surface area (Å²) in [6.07, 6.45) is 0. The summed E-state index contributed by atoms with van der Waals surface area (Å²) >= 11 is 1.07. The number of para-hydroxylation sites is 1. The Morgan fingerprint density at radius 3 is 2.83 bits per heavy atom. The van der Waals surface area contributed by atoms with E-state index in [1.54, 1.807) is 0 Å². The van der Waals surface area contributed by atoms with Crippen molar-refractivity contribution in [3.05, 3.63) is 35.5 Å². The molecule has 18 heavy (non-hydrogen) atoms. The molecule has 0 aliphatic carbocycles. The summed E-state index contributed by atoms with van der Waals surface area (Å²) in [7, 11) is 0. The van der Waals surface area contributed by atoms with Crippen molar-refractivity contribution in [2.24, 2.45) is 0 Å². The van der Waals surface area contributed by atoms with E-state index in [9.17, 15) is 9.59 Å². The van der Waals surface area contributed by atoms with Crippen LogP contribution in [0, 0.1) is 6.92 Å². The predicted octanol–water partition coefficient (Wildman–Crippen LogP) is 2.67. The molecule has 2 heterocycles. The van der Waals surface area contributed by atoms with Gasteiger partial charge in [0, 0.05) is 22.2 Å². The van der Waals surface area contributed by atoms with Gasteiger partial charge in [-0.2, -0.15) is 0 Å². The van der Waals surface area contributed by atoms with Crippen LogP contribution in [0.4, 0.5) is 4.79 Å². The Labute approximate surface area is 108 Å². The lowest BCUT2D eigenvalue weighted by Gasteiger charge is -2.12. The highest BCUT2D eigenvalue weighted by Gasteiger charge is 2.30. The molecule has 1 aliphatic heterocycles. The molecule has 1 aromatic heterocycles. The van der Waals surface area contributed by atoms with Gasteiger partial charge >= 0.3 is 0 Å². The number of nitrogens with zero attached hydrogens (tertiary/aromatic N) is 1. The summed E-state index contributed by atoms with van der Waals surface area (Å²) in [5.74, 6) is 0.162. The van der Waals surface area contributed by atoms with Gasteiger partial charge < -0.3 is 4.98 Å². The first-order valence-electron chi connectivity index (χ1n) is 5.70. The number of thioether (sulfide) groups is 1. The van der Waals surface area contributed by atoms with Crippen molar-refractivity contribution in [3.8, 4) is 0 Å². The molecule has 0 bridgehead atoms. The van der Waals surface area contributed by atoms with E-state index < -0.39 is 0 Å². The Bertz CT molecular complexity index is 631. The van der Waals surface area contributed by atoms with Crippen LogP contribution >= 0.6 is 11.8 Å². The van der Waals surface area contributed by atoms with Crippen LogP contribution in [0.5, 0.6) is 0 Å². The Morgan fingerprint density at radius 2 is 2.11 bits per heavy atom. The minimum Gasteiger partial charge on any atom is -0.358 e. The number of benzene rings is 1. The highest BCUT2D eigenvalue weighted by molar-refractivity contribution is 8.14. The fourth-order valence-electron chi connectivity index (χ4n) is 2.23. The number of nitrogens with one attached hydrogen (secondary N) is 1. The van der Waals surface area contributed by atoms with Gasteiger partial charge in [-0.05, 0) is 13.0 Å². The summed E-state index contributed by atoms with van der Waals surface area (Å²) in [6, 6.07) is 7.92. The fourth-order valence-corrected chi connectivity index (χ4v) is 2.96. The molecule has 0 saturated carbocycles. The number of fused-ring (bicyclic) bond motifs is 1. The van der Waals surface area contributed by atoms with Crippen molar-refractivity contribution in [3.63, 3.8) is 0 Å². The van der Waals surface area contributed by atoms with Crippen LogP contribution in [-0.4, -0.2) is 26.8 Å². The van der Waals surface area contributed by atoms with E-state index in [0.29, 0.717) is 6.54 Å². The second-order valence-corrected chi connectivity index (χ2v) is 5.24. The molecule has 1 aliphatic rings. The summed E-state index contributed by atoms with van der Waals surface area (Å²) in [5, 5.41) is 0.928. The second-order valence-electron chi connectivity index (χ2n) is 4.31. The molecule has 92 valence electrons. The van der Waals surface area contributed by atoms with E-state index >= 15 is 0 Å². The molecule has 1 aromatic carbocycles. The Hall–Kier alpha value is -1.75. The quantitative estimate of drug-likeness (QED) is 0.903. The van der Waals surface area contributed by atoms with E-state index in [4.69, 9.17) is 0 Å². The third-order valence-corrected chi connectivity index (χ3v) is 4.04. The van der Waals surface area contributed by atoms with Gasteiger partial charge in [0.05, 0.1) is 12.3 Å². The summed E-state index contributed by atoms with van der Waals surface area (Å²) in [4.78, 5) is 27.8. The normalized spacial score (nSPS) is 15.9. The topological polar surface area (TPSA) is 53.2 Å². The second kappa shape index (κ2) is 4.17.